The van der Waals surface area contributed by atoms with Crippen molar-refractivity contribution in [1.29, 1.82) is 0 Å². The van der Waals surface area contributed by atoms with Gasteiger partial charge in [-0.05, 0) is 81.0 Å². The lowest BCUT2D eigenvalue weighted by molar-refractivity contribution is -0.310. The maximum absolute atomic E-state index is 12.2. The highest BCUT2D eigenvalue weighted by Gasteiger charge is 2.73. The van der Waals surface area contributed by atoms with Crippen LogP contribution >= 0.6 is 0 Å². The molecule has 1 saturated heterocycles. The maximum atomic E-state index is 12.2. The number of aliphatic hydroxyl groups is 2. The summed E-state index contributed by atoms with van der Waals surface area (Å²) in [4.78, 5) is 0. The number of aliphatic hydroxyl groups excluding tert-OH is 1. The second kappa shape index (κ2) is 6.06. The number of fused-ring (bicyclic) bond motifs is 5. The number of ether oxygens (including phenoxy) is 2. The Labute approximate surface area is 169 Å². The molecule has 0 spiro atoms. The minimum absolute atomic E-state index is 0.155. The fraction of sp³-hybridized carbons (Fsp3) is 0.917. The minimum Gasteiger partial charge on any atom is -0.393 e. The van der Waals surface area contributed by atoms with Gasteiger partial charge in [0.2, 0.25) is 0 Å². The molecule has 0 bridgehead atoms. The molecular formula is C24H38O4. The molecule has 4 fully saturated rings. The SMILES string of the molecule is C[C@H]1C[C@H]2[C@@H]3CC=C4C[C@@H](O)CC[C@]4(C)[C@H]3CC[C@]2(C)[C@@]1(O)C1(C)OCCO1. The highest BCUT2D eigenvalue weighted by molar-refractivity contribution is 5.27. The van der Waals surface area contributed by atoms with Gasteiger partial charge in [-0.25, -0.2) is 0 Å². The Morgan fingerprint density at radius 1 is 1.04 bits per heavy atom. The van der Waals surface area contributed by atoms with Crippen LogP contribution in [0.25, 0.3) is 0 Å². The first kappa shape index (κ1) is 19.5. The molecule has 0 aromatic heterocycles. The highest BCUT2D eigenvalue weighted by atomic mass is 16.7. The third-order valence-electron chi connectivity index (χ3n) is 10.2. The van der Waals surface area contributed by atoms with Crippen LogP contribution in [-0.4, -0.2) is 40.9 Å². The quantitative estimate of drug-likeness (QED) is 0.663. The summed E-state index contributed by atoms with van der Waals surface area (Å²) < 4.78 is 12.1. The van der Waals surface area contributed by atoms with Crippen LogP contribution in [0, 0.1) is 34.5 Å². The summed E-state index contributed by atoms with van der Waals surface area (Å²) in [5.41, 5.74) is 0.617. The molecule has 1 heterocycles. The van der Waals surface area contributed by atoms with Crippen LogP contribution in [0.2, 0.25) is 0 Å². The number of rotatable bonds is 1. The number of allylic oxidation sites excluding steroid dienone is 1. The first-order valence-corrected chi connectivity index (χ1v) is 11.5. The van der Waals surface area contributed by atoms with Crippen molar-refractivity contribution in [3.05, 3.63) is 11.6 Å². The van der Waals surface area contributed by atoms with Crippen molar-refractivity contribution >= 4 is 0 Å². The van der Waals surface area contributed by atoms with Crippen molar-refractivity contribution in [2.75, 3.05) is 13.2 Å². The lowest BCUT2D eigenvalue weighted by atomic mass is 9.46. The zero-order valence-electron chi connectivity index (χ0n) is 18.0. The van der Waals surface area contributed by atoms with E-state index in [0.717, 1.165) is 44.9 Å². The molecule has 0 radical (unpaired) electrons. The average Bonchev–Trinajstić information content (AvgIpc) is 3.19. The van der Waals surface area contributed by atoms with E-state index in [4.69, 9.17) is 9.47 Å². The molecule has 0 unspecified atom stereocenters. The smallest absolute Gasteiger partial charge is 0.195 e. The number of hydrogen-bond acceptors (Lipinski definition) is 4. The fourth-order valence-corrected chi connectivity index (χ4v) is 8.69. The molecule has 0 aromatic carbocycles. The summed E-state index contributed by atoms with van der Waals surface area (Å²) in [7, 11) is 0. The predicted octanol–water partition coefficient (Wildman–Crippen LogP) is 4.05. The van der Waals surface area contributed by atoms with Gasteiger partial charge in [0.15, 0.2) is 5.79 Å². The summed E-state index contributed by atoms with van der Waals surface area (Å²) in [5, 5.41) is 22.4. The molecule has 28 heavy (non-hydrogen) atoms. The van der Waals surface area contributed by atoms with Gasteiger partial charge in [0.25, 0.3) is 0 Å². The molecule has 4 nitrogen and oxygen atoms in total. The van der Waals surface area contributed by atoms with E-state index in [1.165, 1.54) is 5.57 Å². The van der Waals surface area contributed by atoms with Gasteiger partial charge in [0, 0.05) is 5.41 Å². The third-order valence-corrected chi connectivity index (χ3v) is 10.2. The van der Waals surface area contributed by atoms with E-state index < -0.39 is 11.4 Å². The lowest BCUT2D eigenvalue weighted by Crippen LogP contribution is -2.65. The third kappa shape index (κ3) is 2.21. The Hall–Kier alpha value is -0.420. The van der Waals surface area contributed by atoms with E-state index >= 15 is 0 Å². The second-order valence-corrected chi connectivity index (χ2v) is 11.2. The Balaban J connectivity index is 1.52. The molecule has 4 aliphatic carbocycles. The van der Waals surface area contributed by atoms with Gasteiger partial charge in [-0.15, -0.1) is 0 Å². The van der Waals surface area contributed by atoms with E-state index in [1.54, 1.807) is 0 Å². The van der Waals surface area contributed by atoms with E-state index in [9.17, 15) is 10.2 Å². The van der Waals surface area contributed by atoms with Crippen LogP contribution in [0.3, 0.4) is 0 Å². The van der Waals surface area contributed by atoms with Crippen molar-refractivity contribution in [3.8, 4) is 0 Å². The molecule has 2 N–H and O–H groups in total. The summed E-state index contributed by atoms with van der Waals surface area (Å²) in [6.07, 6.45) is 9.55. The molecular weight excluding hydrogens is 352 g/mol. The summed E-state index contributed by atoms with van der Waals surface area (Å²) in [6, 6.07) is 0. The first-order chi connectivity index (χ1) is 13.2. The topological polar surface area (TPSA) is 58.9 Å². The monoisotopic (exact) mass is 390 g/mol. The van der Waals surface area contributed by atoms with Gasteiger partial charge >= 0.3 is 0 Å². The summed E-state index contributed by atoms with van der Waals surface area (Å²) in [6.45, 7) is 10.1. The van der Waals surface area contributed by atoms with Gasteiger partial charge in [0.05, 0.1) is 19.3 Å². The highest BCUT2D eigenvalue weighted by Crippen LogP contribution is 2.70. The Bertz CT molecular complexity index is 682. The van der Waals surface area contributed by atoms with Crippen LogP contribution < -0.4 is 0 Å². The van der Waals surface area contributed by atoms with Crippen molar-refractivity contribution in [2.24, 2.45) is 34.5 Å². The average molecular weight is 391 g/mol. The van der Waals surface area contributed by atoms with Crippen molar-refractivity contribution in [2.45, 2.75) is 90.1 Å². The lowest BCUT2D eigenvalue weighted by Gasteiger charge is -2.60. The molecule has 5 rings (SSSR count). The maximum Gasteiger partial charge on any atom is 0.195 e. The molecule has 158 valence electrons. The van der Waals surface area contributed by atoms with Crippen LogP contribution in [-0.2, 0) is 9.47 Å². The molecule has 3 saturated carbocycles. The fourth-order valence-electron chi connectivity index (χ4n) is 8.69. The molecule has 4 heteroatoms. The van der Waals surface area contributed by atoms with E-state index in [1.807, 2.05) is 6.92 Å². The number of hydrogen-bond donors (Lipinski definition) is 2. The van der Waals surface area contributed by atoms with Gasteiger partial charge in [-0.1, -0.05) is 32.4 Å². The molecule has 1 aliphatic heterocycles. The van der Waals surface area contributed by atoms with Crippen molar-refractivity contribution in [1.82, 2.24) is 0 Å². The largest absolute Gasteiger partial charge is 0.393 e. The van der Waals surface area contributed by atoms with Crippen LogP contribution in [0.5, 0.6) is 0 Å². The molecule has 8 atom stereocenters. The van der Waals surface area contributed by atoms with E-state index in [-0.39, 0.29) is 22.9 Å². The van der Waals surface area contributed by atoms with Gasteiger partial charge in [-0.2, -0.15) is 0 Å². The van der Waals surface area contributed by atoms with E-state index in [0.29, 0.717) is 31.0 Å². The minimum atomic E-state index is -0.945. The van der Waals surface area contributed by atoms with Gasteiger partial charge in [-0.3, -0.25) is 0 Å². The van der Waals surface area contributed by atoms with Crippen molar-refractivity contribution < 1.29 is 19.7 Å². The second-order valence-electron chi connectivity index (χ2n) is 11.2. The summed E-state index contributed by atoms with van der Waals surface area (Å²) in [5.74, 6) is 1.06. The Morgan fingerprint density at radius 3 is 2.46 bits per heavy atom. The van der Waals surface area contributed by atoms with Crippen molar-refractivity contribution in [3.63, 3.8) is 0 Å². The molecule has 0 aromatic rings. The molecule has 0 amide bonds. The van der Waals surface area contributed by atoms with Crippen LogP contribution in [0.15, 0.2) is 11.6 Å². The zero-order valence-corrected chi connectivity index (χ0v) is 18.0. The standard InChI is InChI=1S/C24H38O4/c1-15-13-20-18-6-5-16-14-17(25)7-9-21(16,2)19(18)8-10-22(20,3)24(15,26)23(4)27-11-12-28-23/h5,15,17-20,25-26H,6-14H2,1-4H3/t15-,17-,18+,19-,20-,21-,22-,24+/m0/s1. The summed E-state index contributed by atoms with van der Waals surface area (Å²) >= 11 is 0. The van der Waals surface area contributed by atoms with E-state index in [2.05, 4.69) is 26.8 Å². The van der Waals surface area contributed by atoms with Gasteiger partial charge in [0.1, 0.15) is 5.60 Å². The normalized spacial score (nSPS) is 55.2. The van der Waals surface area contributed by atoms with Crippen LogP contribution in [0.1, 0.15) is 72.6 Å². The zero-order chi connectivity index (χ0) is 19.9. The van der Waals surface area contributed by atoms with Gasteiger partial charge < -0.3 is 19.7 Å². The Morgan fingerprint density at radius 2 is 1.75 bits per heavy atom. The Kier molecular flexibility index (Phi) is 4.23. The first-order valence-electron chi connectivity index (χ1n) is 11.5. The van der Waals surface area contributed by atoms with Crippen LogP contribution in [0.4, 0.5) is 0 Å². The predicted molar refractivity (Wildman–Crippen MR) is 108 cm³/mol. The molecule has 5 aliphatic rings.